The summed E-state index contributed by atoms with van der Waals surface area (Å²) in [7, 11) is 0. The zero-order chi connectivity index (χ0) is 12.3. The van der Waals surface area contributed by atoms with Crippen LogP contribution < -0.4 is 11.1 Å². The van der Waals surface area contributed by atoms with Gasteiger partial charge in [-0.15, -0.1) is 10.2 Å². The monoisotopic (exact) mass is 251 g/mol. The van der Waals surface area contributed by atoms with Crippen LogP contribution in [0.1, 0.15) is 18.0 Å². The van der Waals surface area contributed by atoms with Crippen LogP contribution in [0.4, 0.5) is 5.13 Å². The lowest BCUT2D eigenvalue weighted by atomic mass is 10.3. The average Bonchev–Trinajstić information content (AvgIpc) is 2.95. The highest BCUT2D eigenvalue weighted by Crippen LogP contribution is 2.11. The van der Waals surface area contributed by atoms with Crippen molar-refractivity contribution in [1.29, 1.82) is 0 Å². The molecule has 0 unspecified atom stereocenters. The minimum Gasteiger partial charge on any atom is -0.374 e. The van der Waals surface area contributed by atoms with E-state index in [-0.39, 0.29) is 11.9 Å². The Morgan fingerprint density at radius 1 is 1.53 bits per heavy atom. The van der Waals surface area contributed by atoms with E-state index in [1.165, 1.54) is 11.3 Å². The first kappa shape index (κ1) is 11.6. The van der Waals surface area contributed by atoms with Crippen molar-refractivity contribution in [2.24, 2.45) is 0 Å². The molecule has 0 spiro atoms. The largest absolute Gasteiger partial charge is 0.374 e. The van der Waals surface area contributed by atoms with Gasteiger partial charge in [-0.3, -0.25) is 4.79 Å². The summed E-state index contributed by atoms with van der Waals surface area (Å²) in [6.45, 7) is 2.20. The molecule has 0 saturated carbocycles. The van der Waals surface area contributed by atoms with Crippen molar-refractivity contribution < 1.29 is 4.79 Å². The van der Waals surface area contributed by atoms with Crippen molar-refractivity contribution in [2.45, 2.75) is 19.5 Å². The molecule has 0 aliphatic carbocycles. The highest BCUT2D eigenvalue weighted by molar-refractivity contribution is 7.15. The van der Waals surface area contributed by atoms with Gasteiger partial charge in [-0.05, 0) is 19.1 Å². The number of nitrogen functional groups attached to an aromatic ring is 1. The first-order valence-corrected chi connectivity index (χ1v) is 5.96. The topological polar surface area (TPSA) is 85.8 Å². The van der Waals surface area contributed by atoms with Gasteiger partial charge in [0.05, 0.1) is 6.54 Å². The predicted octanol–water partition coefficient (Wildman–Crippen LogP) is 0.799. The van der Waals surface area contributed by atoms with Crippen LogP contribution in [0, 0.1) is 0 Å². The van der Waals surface area contributed by atoms with E-state index in [1.807, 2.05) is 36.0 Å². The van der Waals surface area contributed by atoms with Gasteiger partial charge in [0.1, 0.15) is 11.0 Å². The van der Waals surface area contributed by atoms with Crippen LogP contribution in [-0.4, -0.2) is 20.7 Å². The van der Waals surface area contributed by atoms with Crippen molar-refractivity contribution in [2.75, 3.05) is 5.73 Å². The number of amides is 1. The molecule has 0 aliphatic heterocycles. The van der Waals surface area contributed by atoms with Crippen LogP contribution >= 0.6 is 11.3 Å². The second-order valence-corrected chi connectivity index (χ2v) is 4.65. The van der Waals surface area contributed by atoms with Crippen molar-refractivity contribution in [3.63, 3.8) is 0 Å². The summed E-state index contributed by atoms with van der Waals surface area (Å²) >= 11 is 1.27. The number of nitrogens with two attached hydrogens (primary N) is 1. The Kier molecular flexibility index (Phi) is 3.38. The van der Waals surface area contributed by atoms with E-state index in [9.17, 15) is 4.79 Å². The molecule has 2 aromatic heterocycles. The molecule has 2 heterocycles. The van der Waals surface area contributed by atoms with E-state index in [1.54, 1.807) is 0 Å². The summed E-state index contributed by atoms with van der Waals surface area (Å²) in [5.74, 6) is -0.0602. The molecule has 0 aliphatic rings. The number of nitrogens with one attached hydrogen (secondary N) is 1. The molecular formula is C10H13N5OS. The van der Waals surface area contributed by atoms with Crippen LogP contribution in [0.5, 0.6) is 0 Å². The maximum atomic E-state index is 11.8. The Balaban J connectivity index is 1.89. The number of nitrogens with zero attached hydrogens (tertiary/aromatic N) is 3. The zero-order valence-electron chi connectivity index (χ0n) is 9.33. The van der Waals surface area contributed by atoms with Gasteiger partial charge in [-0.25, -0.2) is 0 Å². The fraction of sp³-hybridized carbons (Fsp3) is 0.300. The average molecular weight is 251 g/mol. The minimum atomic E-state index is -0.240. The predicted molar refractivity (Wildman–Crippen MR) is 65.3 cm³/mol. The van der Waals surface area contributed by atoms with E-state index in [0.29, 0.717) is 16.7 Å². The third-order valence-corrected chi connectivity index (χ3v) is 3.10. The fourth-order valence-electron chi connectivity index (χ4n) is 1.39. The second kappa shape index (κ2) is 4.96. The van der Waals surface area contributed by atoms with Crippen LogP contribution in [-0.2, 0) is 11.3 Å². The summed E-state index contributed by atoms with van der Waals surface area (Å²) in [6.07, 6.45) is 3.71. The lowest BCUT2D eigenvalue weighted by Crippen LogP contribution is -2.30. The highest BCUT2D eigenvalue weighted by atomic mass is 32.1. The van der Waals surface area contributed by atoms with Gasteiger partial charge >= 0.3 is 0 Å². The number of hydrogen-bond donors (Lipinski definition) is 2. The molecule has 0 bridgehead atoms. The van der Waals surface area contributed by atoms with Crippen LogP contribution in [0.2, 0.25) is 0 Å². The Morgan fingerprint density at radius 3 is 2.82 bits per heavy atom. The fourth-order valence-corrected chi connectivity index (χ4v) is 1.94. The molecule has 0 aromatic carbocycles. The van der Waals surface area contributed by atoms with Crippen LogP contribution in [0.15, 0.2) is 24.5 Å². The molecule has 7 heteroatoms. The van der Waals surface area contributed by atoms with E-state index in [4.69, 9.17) is 5.73 Å². The number of anilines is 1. The van der Waals surface area contributed by atoms with Crippen molar-refractivity contribution in [3.8, 4) is 0 Å². The summed E-state index contributed by atoms with van der Waals surface area (Å²) in [4.78, 5) is 11.8. The number of hydrogen-bond acceptors (Lipinski definition) is 5. The number of carbonyl (C=O) groups is 1. The van der Waals surface area contributed by atoms with Crippen molar-refractivity contribution >= 4 is 22.4 Å². The smallest absolute Gasteiger partial charge is 0.243 e. The molecule has 17 heavy (non-hydrogen) atoms. The lowest BCUT2D eigenvalue weighted by molar-refractivity contribution is -0.124. The summed E-state index contributed by atoms with van der Waals surface area (Å²) in [5.41, 5.74) is 5.45. The van der Waals surface area contributed by atoms with Gasteiger partial charge in [0, 0.05) is 12.4 Å². The second-order valence-electron chi connectivity index (χ2n) is 3.56. The Bertz CT molecular complexity index is 493. The van der Waals surface area contributed by atoms with E-state index in [0.717, 1.165) is 0 Å². The first-order valence-electron chi connectivity index (χ1n) is 5.15. The van der Waals surface area contributed by atoms with Gasteiger partial charge in [0.15, 0.2) is 0 Å². The van der Waals surface area contributed by atoms with Crippen molar-refractivity contribution in [3.05, 3.63) is 29.5 Å². The van der Waals surface area contributed by atoms with Crippen molar-refractivity contribution in [1.82, 2.24) is 20.1 Å². The summed E-state index contributed by atoms with van der Waals surface area (Å²) < 4.78 is 1.84. The standard InChI is InChI=1S/C10H13N5OS/c1-7(15-4-2-3-5-15)9(16)12-6-8-13-14-10(11)17-8/h2-5,7H,6H2,1H3,(H2,11,14)(H,12,16)/t7-/m1/s1. The maximum absolute atomic E-state index is 11.8. The summed E-state index contributed by atoms with van der Waals surface area (Å²) in [6, 6.07) is 3.53. The normalized spacial score (nSPS) is 12.3. The van der Waals surface area contributed by atoms with E-state index < -0.39 is 0 Å². The molecule has 0 fully saturated rings. The number of carbonyl (C=O) groups excluding carboxylic acids is 1. The lowest BCUT2D eigenvalue weighted by Gasteiger charge is -2.12. The molecule has 1 amide bonds. The molecule has 0 saturated heterocycles. The Hall–Kier alpha value is -1.89. The molecule has 6 nitrogen and oxygen atoms in total. The number of rotatable bonds is 4. The highest BCUT2D eigenvalue weighted by Gasteiger charge is 2.13. The molecule has 2 aromatic rings. The van der Waals surface area contributed by atoms with Crippen LogP contribution in [0.25, 0.3) is 0 Å². The number of aromatic nitrogens is 3. The molecule has 2 rings (SSSR count). The molecule has 3 N–H and O–H groups in total. The zero-order valence-corrected chi connectivity index (χ0v) is 10.1. The quantitative estimate of drug-likeness (QED) is 0.841. The maximum Gasteiger partial charge on any atom is 0.243 e. The minimum absolute atomic E-state index is 0.0602. The SMILES string of the molecule is C[C@H](C(=O)NCc1nnc(N)s1)n1cccc1. The molecule has 1 atom stereocenters. The summed E-state index contributed by atoms with van der Waals surface area (Å²) in [5, 5.41) is 11.4. The van der Waals surface area contributed by atoms with Crippen LogP contribution in [0.3, 0.4) is 0 Å². The van der Waals surface area contributed by atoms with Gasteiger partial charge in [0.2, 0.25) is 11.0 Å². The molecule has 90 valence electrons. The Labute approximate surface area is 102 Å². The molecular weight excluding hydrogens is 238 g/mol. The van der Waals surface area contributed by atoms with Gasteiger partial charge in [-0.2, -0.15) is 0 Å². The Morgan fingerprint density at radius 2 is 2.24 bits per heavy atom. The third-order valence-electron chi connectivity index (χ3n) is 2.35. The van der Waals surface area contributed by atoms with E-state index in [2.05, 4.69) is 15.5 Å². The first-order chi connectivity index (χ1) is 8.16. The van der Waals surface area contributed by atoms with Gasteiger partial charge in [0.25, 0.3) is 0 Å². The third kappa shape index (κ3) is 2.82. The molecule has 0 radical (unpaired) electrons. The van der Waals surface area contributed by atoms with Gasteiger partial charge < -0.3 is 15.6 Å². The van der Waals surface area contributed by atoms with Gasteiger partial charge in [-0.1, -0.05) is 11.3 Å². The van der Waals surface area contributed by atoms with E-state index >= 15 is 0 Å².